The van der Waals surface area contributed by atoms with Crippen molar-refractivity contribution < 1.29 is 17.6 Å². The van der Waals surface area contributed by atoms with Gasteiger partial charge in [-0.15, -0.1) is 0 Å². The zero-order valence-corrected chi connectivity index (χ0v) is 15.4. The van der Waals surface area contributed by atoms with Gasteiger partial charge in [0.2, 0.25) is 15.9 Å². The maximum absolute atomic E-state index is 14.1. The van der Waals surface area contributed by atoms with Gasteiger partial charge in [-0.25, -0.2) is 12.8 Å². The lowest BCUT2D eigenvalue weighted by Crippen LogP contribution is -2.43. The van der Waals surface area contributed by atoms with Crippen LogP contribution in [-0.4, -0.2) is 31.7 Å². The molecule has 1 aliphatic heterocycles. The first kappa shape index (κ1) is 18.8. The summed E-state index contributed by atoms with van der Waals surface area (Å²) >= 11 is 5.69. The molecule has 5 nitrogen and oxygen atoms in total. The number of nitrogens with zero attached hydrogens (tertiary/aromatic N) is 1. The van der Waals surface area contributed by atoms with Crippen molar-refractivity contribution in [2.75, 3.05) is 18.4 Å². The number of hydrogen-bond acceptors (Lipinski definition) is 3. The van der Waals surface area contributed by atoms with Gasteiger partial charge in [0.25, 0.3) is 0 Å². The van der Waals surface area contributed by atoms with E-state index in [0.29, 0.717) is 18.5 Å². The molecule has 138 valence electrons. The number of amides is 1. The fourth-order valence-electron chi connectivity index (χ4n) is 2.96. The third kappa shape index (κ3) is 4.06. The van der Waals surface area contributed by atoms with Crippen molar-refractivity contribution in [2.45, 2.75) is 17.7 Å². The fraction of sp³-hybridized carbons (Fsp3) is 0.278. The molecule has 1 fully saturated rings. The molecule has 0 radical (unpaired) electrons. The van der Waals surface area contributed by atoms with E-state index in [-0.39, 0.29) is 24.0 Å². The second-order valence-corrected chi connectivity index (χ2v) is 8.48. The number of para-hydroxylation sites is 1. The number of sulfonamides is 1. The van der Waals surface area contributed by atoms with Crippen LogP contribution >= 0.6 is 11.6 Å². The average Bonchev–Trinajstić information content (AvgIpc) is 2.62. The summed E-state index contributed by atoms with van der Waals surface area (Å²) < 4.78 is 40.8. The van der Waals surface area contributed by atoms with Crippen molar-refractivity contribution in [2.24, 2.45) is 5.92 Å². The average molecular weight is 397 g/mol. The Balaban J connectivity index is 1.76. The van der Waals surface area contributed by atoms with Gasteiger partial charge in [-0.3, -0.25) is 4.79 Å². The summed E-state index contributed by atoms with van der Waals surface area (Å²) in [5, 5.41) is 2.92. The molecule has 1 atom stereocenters. The van der Waals surface area contributed by atoms with E-state index in [1.165, 1.54) is 6.07 Å². The molecule has 0 aromatic heterocycles. The molecular weight excluding hydrogens is 379 g/mol. The number of halogens is 2. The van der Waals surface area contributed by atoms with Crippen LogP contribution in [0.3, 0.4) is 0 Å². The fourth-order valence-corrected chi connectivity index (χ4v) is 4.69. The lowest BCUT2D eigenvalue weighted by atomic mass is 9.99. The predicted molar refractivity (Wildman–Crippen MR) is 98.0 cm³/mol. The van der Waals surface area contributed by atoms with Gasteiger partial charge in [0.1, 0.15) is 10.7 Å². The number of carbonyl (C=O) groups excluding carboxylic acids is 1. The van der Waals surface area contributed by atoms with Crippen molar-refractivity contribution in [3.05, 3.63) is 59.4 Å². The lowest BCUT2D eigenvalue weighted by molar-refractivity contribution is -0.120. The summed E-state index contributed by atoms with van der Waals surface area (Å²) in [7, 11) is -4.03. The first-order valence-electron chi connectivity index (χ1n) is 8.19. The Labute approximate surface area is 156 Å². The highest BCUT2D eigenvalue weighted by atomic mass is 35.5. The second kappa shape index (κ2) is 7.73. The predicted octanol–water partition coefficient (Wildman–Crippen LogP) is 3.52. The molecule has 1 unspecified atom stereocenters. The minimum absolute atomic E-state index is 0.0169. The van der Waals surface area contributed by atoms with Crippen molar-refractivity contribution in [3.8, 4) is 0 Å². The topological polar surface area (TPSA) is 66.5 Å². The summed E-state index contributed by atoms with van der Waals surface area (Å²) in [6.45, 7) is 0.266. The van der Waals surface area contributed by atoms with Gasteiger partial charge in [-0.2, -0.15) is 4.31 Å². The normalized spacial score (nSPS) is 18.5. The van der Waals surface area contributed by atoms with E-state index in [4.69, 9.17) is 11.6 Å². The molecule has 0 bridgehead atoms. The Morgan fingerprint density at radius 1 is 1.19 bits per heavy atom. The maximum atomic E-state index is 14.1. The van der Waals surface area contributed by atoms with Gasteiger partial charge in [0, 0.05) is 23.8 Å². The minimum Gasteiger partial charge on any atom is -0.326 e. The van der Waals surface area contributed by atoms with Crippen LogP contribution in [0.1, 0.15) is 12.8 Å². The Hall–Kier alpha value is -1.96. The van der Waals surface area contributed by atoms with Gasteiger partial charge in [0.05, 0.1) is 5.92 Å². The molecular formula is C18H18ClFN2O3S. The standard InChI is InChI=1S/C18H18ClFN2O3S/c19-14-8-9-17(16(20)11-14)26(24,25)22-10-4-5-13(12-22)18(23)21-15-6-2-1-3-7-15/h1-3,6-9,11,13H,4-5,10,12H2,(H,21,23). The van der Waals surface area contributed by atoms with Crippen LogP contribution in [-0.2, 0) is 14.8 Å². The van der Waals surface area contributed by atoms with Crippen LogP contribution in [0.4, 0.5) is 10.1 Å². The van der Waals surface area contributed by atoms with Crippen LogP contribution in [0.25, 0.3) is 0 Å². The monoisotopic (exact) mass is 396 g/mol. The Kier molecular flexibility index (Phi) is 5.60. The number of hydrogen-bond donors (Lipinski definition) is 1. The van der Waals surface area contributed by atoms with E-state index in [9.17, 15) is 17.6 Å². The Bertz CT molecular complexity index is 906. The summed E-state index contributed by atoms with van der Waals surface area (Å²) in [6.07, 6.45) is 1.11. The molecule has 0 saturated carbocycles. The van der Waals surface area contributed by atoms with E-state index in [0.717, 1.165) is 16.4 Å². The van der Waals surface area contributed by atoms with Gasteiger partial charge < -0.3 is 5.32 Å². The minimum atomic E-state index is -4.03. The second-order valence-electron chi connectivity index (χ2n) is 6.13. The van der Waals surface area contributed by atoms with E-state index in [1.807, 2.05) is 6.07 Å². The first-order chi connectivity index (χ1) is 12.4. The van der Waals surface area contributed by atoms with Gasteiger partial charge in [0.15, 0.2) is 0 Å². The highest BCUT2D eigenvalue weighted by Crippen LogP contribution is 2.27. The highest BCUT2D eigenvalue weighted by Gasteiger charge is 2.34. The number of benzene rings is 2. The molecule has 1 amide bonds. The highest BCUT2D eigenvalue weighted by molar-refractivity contribution is 7.89. The van der Waals surface area contributed by atoms with E-state index < -0.39 is 26.7 Å². The summed E-state index contributed by atoms with van der Waals surface area (Å²) in [6, 6.07) is 12.4. The molecule has 1 heterocycles. The van der Waals surface area contributed by atoms with E-state index in [2.05, 4.69) is 5.32 Å². The summed E-state index contributed by atoms with van der Waals surface area (Å²) in [5.41, 5.74) is 0.654. The largest absolute Gasteiger partial charge is 0.326 e. The third-order valence-corrected chi connectivity index (χ3v) is 6.44. The summed E-state index contributed by atoms with van der Waals surface area (Å²) in [4.78, 5) is 12.0. The number of piperidine rings is 1. The van der Waals surface area contributed by atoms with Crippen molar-refractivity contribution >= 4 is 33.2 Å². The molecule has 26 heavy (non-hydrogen) atoms. The molecule has 0 aliphatic carbocycles. The Morgan fingerprint density at radius 3 is 2.62 bits per heavy atom. The summed E-state index contributed by atoms with van der Waals surface area (Å²) in [5.74, 6) is -1.63. The van der Waals surface area contributed by atoms with Crippen LogP contribution in [0.2, 0.25) is 5.02 Å². The van der Waals surface area contributed by atoms with E-state index in [1.54, 1.807) is 24.3 Å². The quantitative estimate of drug-likeness (QED) is 0.859. The molecule has 1 saturated heterocycles. The number of anilines is 1. The van der Waals surface area contributed by atoms with Crippen molar-refractivity contribution in [1.82, 2.24) is 4.31 Å². The molecule has 1 N–H and O–H groups in total. The molecule has 3 rings (SSSR count). The third-order valence-electron chi connectivity index (χ3n) is 4.31. The van der Waals surface area contributed by atoms with Crippen LogP contribution < -0.4 is 5.32 Å². The van der Waals surface area contributed by atoms with Crippen molar-refractivity contribution in [3.63, 3.8) is 0 Å². The molecule has 8 heteroatoms. The van der Waals surface area contributed by atoms with Gasteiger partial charge in [-0.05, 0) is 43.2 Å². The number of nitrogens with one attached hydrogen (secondary N) is 1. The maximum Gasteiger partial charge on any atom is 0.246 e. The Morgan fingerprint density at radius 2 is 1.92 bits per heavy atom. The van der Waals surface area contributed by atoms with E-state index >= 15 is 0 Å². The number of rotatable bonds is 4. The molecule has 2 aromatic carbocycles. The molecule has 1 aliphatic rings. The zero-order valence-electron chi connectivity index (χ0n) is 13.9. The smallest absolute Gasteiger partial charge is 0.246 e. The first-order valence-corrected chi connectivity index (χ1v) is 10.0. The lowest BCUT2D eigenvalue weighted by Gasteiger charge is -2.31. The molecule has 2 aromatic rings. The van der Waals surface area contributed by atoms with Gasteiger partial charge >= 0.3 is 0 Å². The van der Waals surface area contributed by atoms with Crippen LogP contribution in [0.15, 0.2) is 53.4 Å². The van der Waals surface area contributed by atoms with Crippen molar-refractivity contribution in [1.29, 1.82) is 0 Å². The zero-order chi connectivity index (χ0) is 18.7. The SMILES string of the molecule is O=C(Nc1ccccc1)C1CCCN(S(=O)(=O)c2ccc(Cl)cc2F)C1. The van der Waals surface area contributed by atoms with Gasteiger partial charge in [-0.1, -0.05) is 29.8 Å². The molecule has 0 spiro atoms. The van der Waals surface area contributed by atoms with Crippen LogP contribution in [0, 0.1) is 11.7 Å². The number of carbonyl (C=O) groups is 1. The van der Waals surface area contributed by atoms with Crippen LogP contribution in [0.5, 0.6) is 0 Å².